The van der Waals surface area contributed by atoms with Crippen LogP contribution in [0.15, 0.2) is 0 Å². The van der Waals surface area contributed by atoms with E-state index in [1.807, 2.05) is 4.68 Å². The van der Waals surface area contributed by atoms with Crippen LogP contribution in [0.3, 0.4) is 0 Å². The average Bonchev–Trinajstić information content (AvgIpc) is 2.86. The summed E-state index contributed by atoms with van der Waals surface area (Å²) in [7, 11) is 0. The fourth-order valence-corrected chi connectivity index (χ4v) is 3.92. The number of nitrogens with one attached hydrogen (secondary N) is 1. The van der Waals surface area contributed by atoms with Crippen LogP contribution in [0.5, 0.6) is 0 Å². The van der Waals surface area contributed by atoms with Gasteiger partial charge in [-0.25, -0.2) is 4.68 Å². The van der Waals surface area contributed by atoms with Gasteiger partial charge in [-0.05, 0) is 42.9 Å². The summed E-state index contributed by atoms with van der Waals surface area (Å²) in [6.45, 7) is 7.23. The second kappa shape index (κ2) is 7.24. The first-order valence-corrected chi connectivity index (χ1v) is 8.39. The molecule has 0 saturated heterocycles. The van der Waals surface area contributed by atoms with Crippen LogP contribution in [-0.2, 0) is 6.54 Å². The van der Waals surface area contributed by atoms with Crippen molar-refractivity contribution in [1.29, 1.82) is 0 Å². The quantitative estimate of drug-likeness (QED) is 0.869. The molecule has 1 N–H and O–H groups in total. The summed E-state index contributed by atoms with van der Waals surface area (Å²) in [5, 5.41) is 16.4. The molecule has 0 aliphatic heterocycles. The second-order valence-electron chi connectivity index (χ2n) is 5.40. The minimum absolute atomic E-state index is 0.318. The molecule has 1 aromatic heterocycles. The third-order valence-electron chi connectivity index (χ3n) is 3.66. The van der Waals surface area contributed by atoms with Crippen LogP contribution in [-0.4, -0.2) is 37.3 Å². The van der Waals surface area contributed by atoms with Crippen molar-refractivity contribution in [3.8, 4) is 0 Å². The molecule has 1 aromatic rings. The Hall–Kier alpha value is -0.620. The minimum Gasteiger partial charge on any atom is -0.306 e. The molecule has 108 valence electrons. The van der Waals surface area contributed by atoms with Crippen LogP contribution in [0.1, 0.15) is 58.3 Å². The first kappa shape index (κ1) is 14.8. The first-order valence-electron chi connectivity index (χ1n) is 7.34. The molecule has 2 unspecified atom stereocenters. The maximum Gasteiger partial charge on any atom is 0.165 e. The first-order chi connectivity index (χ1) is 9.22. The van der Waals surface area contributed by atoms with Crippen LogP contribution < -0.4 is 5.32 Å². The van der Waals surface area contributed by atoms with E-state index in [9.17, 15) is 0 Å². The zero-order chi connectivity index (χ0) is 13.7. The van der Waals surface area contributed by atoms with E-state index in [1.54, 1.807) is 0 Å². The Balaban J connectivity index is 1.91. The lowest BCUT2D eigenvalue weighted by Crippen LogP contribution is -2.40. The van der Waals surface area contributed by atoms with Crippen LogP contribution in [0.25, 0.3) is 0 Å². The summed E-state index contributed by atoms with van der Waals surface area (Å²) in [6.07, 6.45) is 5.33. The summed E-state index contributed by atoms with van der Waals surface area (Å²) >= 11 is 2.09. The van der Waals surface area contributed by atoms with E-state index in [0.29, 0.717) is 12.1 Å². The van der Waals surface area contributed by atoms with E-state index < -0.39 is 0 Å². The Bertz CT molecular complexity index is 377. The predicted octanol–water partition coefficient (Wildman–Crippen LogP) is 2.41. The topological polar surface area (TPSA) is 55.6 Å². The Morgan fingerprint density at radius 2 is 2.16 bits per heavy atom. The summed E-state index contributed by atoms with van der Waals surface area (Å²) in [6, 6.07) is 0.926. The van der Waals surface area contributed by atoms with Gasteiger partial charge < -0.3 is 5.32 Å². The molecule has 5 nitrogen and oxygen atoms in total. The maximum atomic E-state index is 4.13. The Morgan fingerprint density at radius 1 is 1.37 bits per heavy atom. The number of nitrogens with zero attached hydrogens (tertiary/aromatic N) is 4. The molecule has 1 aliphatic rings. The van der Waals surface area contributed by atoms with Gasteiger partial charge in [-0.15, -0.1) is 5.10 Å². The van der Waals surface area contributed by atoms with Gasteiger partial charge in [0, 0.05) is 11.3 Å². The molecular weight excluding hydrogens is 258 g/mol. The molecule has 6 heteroatoms. The van der Waals surface area contributed by atoms with E-state index >= 15 is 0 Å². The summed E-state index contributed by atoms with van der Waals surface area (Å²) in [4.78, 5) is 0. The van der Waals surface area contributed by atoms with Crippen molar-refractivity contribution in [1.82, 2.24) is 25.5 Å². The molecule has 1 heterocycles. The van der Waals surface area contributed by atoms with Crippen LogP contribution in [0.4, 0.5) is 0 Å². The maximum absolute atomic E-state index is 4.13. The zero-order valence-corrected chi connectivity index (χ0v) is 13.0. The normalized spacial score (nSPS) is 24.0. The van der Waals surface area contributed by atoms with E-state index in [4.69, 9.17) is 0 Å². The van der Waals surface area contributed by atoms with Crippen molar-refractivity contribution in [3.05, 3.63) is 5.82 Å². The van der Waals surface area contributed by atoms with Gasteiger partial charge in [-0.1, -0.05) is 19.8 Å². The molecule has 1 saturated carbocycles. The lowest BCUT2D eigenvalue weighted by Gasteiger charge is -2.31. The summed E-state index contributed by atoms with van der Waals surface area (Å²) < 4.78 is 1.90. The number of thioether (sulfide) groups is 1. The lowest BCUT2D eigenvalue weighted by atomic mass is 9.95. The number of hydrogen-bond acceptors (Lipinski definition) is 5. The Labute approximate surface area is 119 Å². The molecule has 19 heavy (non-hydrogen) atoms. The zero-order valence-electron chi connectivity index (χ0n) is 12.2. The van der Waals surface area contributed by atoms with Crippen LogP contribution in [0.2, 0.25) is 0 Å². The van der Waals surface area contributed by atoms with Gasteiger partial charge in [-0.3, -0.25) is 0 Å². The molecule has 2 rings (SSSR count). The van der Waals surface area contributed by atoms with Gasteiger partial charge in [-0.2, -0.15) is 11.8 Å². The van der Waals surface area contributed by atoms with Crippen molar-refractivity contribution in [2.75, 3.05) is 5.75 Å². The standard InChI is InChI=1S/C13H25N5S/c1-4-19-12-8-6-5-7-11(12)14-9-13-15-16-17-18(13)10(2)3/h10-12,14H,4-9H2,1-3H3. The Kier molecular flexibility index (Phi) is 5.63. The monoisotopic (exact) mass is 283 g/mol. The van der Waals surface area contributed by atoms with Crippen LogP contribution >= 0.6 is 11.8 Å². The second-order valence-corrected chi connectivity index (χ2v) is 6.92. The summed E-state index contributed by atoms with van der Waals surface area (Å²) in [5.41, 5.74) is 0. The molecule has 1 fully saturated rings. The van der Waals surface area contributed by atoms with Gasteiger partial charge in [0.2, 0.25) is 0 Å². The van der Waals surface area contributed by atoms with Crippen molar-refractivity contribution >= 4 is 11.8 Å². The third-order valence-corrected chi connectivity index (χ3v) is 4.98. The van der Waals surface area contributed by atoms with E-state index in [0.717, 1.165) is 17.6 Å². The largest absolute Gasteiger partial charge is 0.306 e. The third kappa shape index (κ3) is 3.92. The van der Waals surface area contributed by atoms with Crippen molar-refractivity contribution in [3.63, 3.8) is 0 Å². The lowest BCUT2D eigenvalue weighted by molar-refractivity contribution is 0.372. The van der Waals surface area contributed by atoms with Gasteiger partial charge in [0.1, 0.15) is 0 Å². The van der Waals surface area contributed by atoms with Crippen LogP contribution in [0, 0.1) is 0 Å². The molecule has 0 spiro atoms. The fraction of sp³-hybridized carbons (Fsp3) is 0.923. The average molecular weight is 283 g/mol. The molecular formula is C13H25N5S. The minimum atomic E-state index is 0.318. The highest BCUT2D eigenvalue weighted by Gasteiger charge is 2.25. The van der Waals surface area contributed by atoms with E-state index in [1.165, 1.54) is 31.4 Å². The van der Waals surface area contributed by atoms with Gasteiger partial charge in [0.15, 0.2) is 5.82 Å². The van der Waals surface area contributed by atoms with Crippen molar-refractivity contribution in [2.45, 2.75) is 70.3 Å². The number of tetrazole rings is 1. The van der Waals surface area contributed by atoms with Crippen molar-refractivity contribution < 1.29 is 0 Å². The predicted molar refractivity (Wildman–Crippen MR) is 79.2 cm³/mol. The summed E-state index contributed by atoms with van der Waals surface area (Å²) in [5.74, 6) is 2.15. The molecule has 2 atom stereocenters. The molecule has 0 amide bonds. The van der Waals surface area contributed by atoms with E-state index in [-0.39, 0.29) is 0 Å². The highest BCUT2D eigenvalue weighted by molar-refractivity contribution is 7.99. The number of hydrogen-bond donors (Lipinski definition) is 1. The molecule has 0 aromatic carbocycles. The Morgan fingerprint density at radius 3 is 2.89 bits per heavy atom. The highest BCUT2D eigenvalue weighted by atomic mass is 32.2. The molecule has 0 radical (unpaired) electrons. The molecule has 1 aliphatic carbocycles. The molecule has 0 bridgehead atoms. The highest BCUT2D eigenvalue weighted by Crippen LogP contribution is 2.28. The van der Waals surface area contributed by atoms with Gasteiger partial charge >= 0.3 is 0 Å². The number of rotatable bonds is 6. The van der Waals surface area contributed by atoms with Gasteiger partial charge in [0.05, 0.1) is 12.6 Å². The SMILES string of the molecule is CCSC1CCCCC1NCc1nnnn1C(C)C. The smallest absolute Gasteiger partial charge is 0.165 e. The van der Waals surface area contributed by atoms with E-state index in [2.05, 4.69) is 53.4 Å². The number of aromatic nitrogens is 4. The van der Waals surface area contributed by atoms with Crippen molar-refractivity contribution in [2.24, 2.45) is 0 Å². The van der Waals surface area contributed by atoms with Gasteiger partial charge in [0.25, 0.3) is 0 Å². The fourth-order valence-electron chi connectivity index (χ4n) is 2.70.